The number of carbonyl (C=O) groups excluding carboxylic acids is 1. The van der Waals surface area contributed by atoms with Gasteiger partial charge in [-0.3, -0.25) is 4.79 Å². The first-order valence-electron chi connectivity index (χ1n) is 9.98. The van der Waals surface area contributed by atoms with E-state index in [1.54, 1.807) is 11.8 Å². The van der Waals surface area contributed by atoms with E-state index in [1.165, 1.54) is 10.5 Å². The highest BCUT2D eigenvalue weighted by Crippen LogP contribution is 2.54. The van der Waals surface area contributed by atoms with Crippen LogP contribution < -0.4 is 0 Å². The zero-order valence-electron chi connectivity index (χ0n) is 16.3. The molecule has 148 valence electrons. The van der Waals surface area contributed by atoms with Crippen molar-refractivity contribution in [2.24, 2.45) is 0 Å². The van der Waals surface area contributed by atoms with Crippen molar-refractivity contribution in [1.29, 1.82) is 0 Å². The van der Waals surface area contributed by atoms with E-state index in [0.29, 0.717) is 16.0 Å². The van der Waals surface area contributed by atoms with Crippen LogP contribution >= 0.6 is 35.0 Å². The number of nitrogens with zero attached hydrogens (tertiary/aromatic N) is 1. The van der Waals surface area contributed by atoms with Crippen LogP contribution in [0.15, 0.2) is 46.2 Å². The lowest BCUT2D eigenvalue weighted by molar-refractivity contribution is -0.132. The molecule has 1 heterocycles. The summed E-state index contributed by atoms with van der Waals surface area (Å²) in [6, 6.07) is 12.4. The van der Waals surface area contributed by atoms with E-state index in [9.17, 15) is 4.79 Å². The van der Waals surface area contributed by atoms with Crippen molar-refractivity contribution in [3.05, 3.63) is 57.6 Å². The monoisotopic (exact) mass is 433 g/mol. The average Bonchev–Trinajstić information content (AvgIpc) is 3.30. The molecular weight excluding hydrogens is 409 g/mol. The molecular formula is C23H25Cl2NOS. The molecule has 0 aromatic heterocycles. The quantitative estimate of drug-likeness (QED) is 0.509. The van der Waals surface area contributed by atoms with Gasteiger partial charge in [-0.25, -0.2) is 0 Å². The van der Waals surface area contributed by atoms with Gasteiger partial charge in [-0.15, -0.1) is 0 Å². The van der Waals surface area contributed by atoms with Gasteiger partial charge < -0.3 is 4.90 Å². The van der Waals surface area contributed by atoms with Crippen LogP contribution in [-0.4, -0.2) is 23.9 Å². The molecule has 2 aromatic rings. The second kappa shape index (κ2) is 7.93. The Morgan fingerprint density at radius 1 is 1.00 bits per heavy atom. The second-order valence-corrected chi connectivity index (χ2v) is 9.95. The van der Waals surface area contributed by atoms with E-state index in [1.807, 2.05) is 23.1 Å². The number of likely N-dealkylation sites (tertiary alicyclic amines) is 1. The van der Waals surface area contributed by atoms with Gasteiger partial charge in [0.25, 0.3) is 0 Å². The van der Waals surface area contributed by atoms with E-state index >= 15 is 0 Å². The molecule has 28 heavy (non-hydrogen) atoms. The molecule has 0 bridgehead atoms. The third-order valence-electron chi connectivity index (χ3n) is 5.88. The number of halogens is 2. The number of amides is 1. The van der Waals surface area contributed by atoms with Crippen LogP contribution in [0.25, 0.3) is 0 Å². The fourth-order valence-electron chi connectivity index (χ4n) is 4.10. The molecule has 0 atom stereocenters. The van der Waals surface area contributed by atoms with Crippen LogP contribution in [0.4, 0.5) is 0 Å². The number of benzene rings is 2. The molecule has 2 aliphatic rings. The van der Waals surface area contributed by atoms with Gasteiger partial charge in [0.1, 0.15) is 0 Å². The minimum Gasteiger partial charge on any atom is -0.342 e. The summed E-state index contributed by atoms with van der Waals surface area (Å²) in [7, 11) is 0. The molecule has 1 aliphatic carbocycles. The van der Waals surface area contributed by atoms with E-state index in [-0.39, 0.29) is 5.91 Å². The van der Waals surface area contributed by atoms with Gasteiger partial charge in [0.05, 0.1) is 15.5 Å². The molecule has 2 aromatic carbocycles. The Bertz CT molecular complexity index is 901. The van der Waals surface area contributed by atoms with Gasteiger partial charge >= 0.3 is 0 Å². The van der Waals surface area contributed by atoms with E-state index in [2.05, 4.69) is 32.0 Å². The van der Waals surface area contributed by atoms with Gasteiger partial charge in [-0.2, -0.15) is 0 Å². The summed E-state index contributed by atoms with van der Waals surface area (Å²) in [6.45, 7) is 6.12. The Kier molecular flexibility index (Phi) is 5.70. The second-order valence-electron chi connectivity index (χ2n) is 8.12. The Labute approximate surface area is 181 Å². The molecule has 1 aliphatic heterocycles. The van der Waals surface area contributed by atoms with Crippen molar-refractivity contribution in [3.63, 3.8) is 0 Å². The summed E-state index contributed by atoms with van der Waals surface area (Å²) < 4.78 is 0. The highest BCUT2D eigenvalue weighted by Gasteiger charge is 2.54. The largest absolute Gasteiger partial charge is 0.342 e. The third kappa shape index (κ3) is 3.58. The van der Waals surface area contributed by atoms with Crippen LogP contribution in [0.2, 0.25) is 10.0 Å². The Morgan fingerprint density at radius 2 is 1.68 bits per heavy atom. The van der Waals surface area contributed by atoms with Crippen molar-refractivity contribution in [2.75, 3.05) is 13.1 Å². The summed E-state index contributed by atoms with van der Waals surface area (Å²) >= 11 is 15.1. The first-order chi connectivity index (χ1) is 13.4. The lowest BCUT2D eigenvalue weighted by Crippen LogP contribution is -2.37. The number of rotatable bonds is 5. The first kappa shape index (κ1) is 20.1. The first-order valence-corrected chi connectivity index (χ1v) is 11.6. The number of carbonyl (C=O) groups is 1. The predicted molar refractivity (Wildman–Crippen MR) is 118 cm³/mol. The van der Waals surface area contributed by atoms with Crippen LogP contribution in [0, 0.1) is 0 Å². The fraction of sp³-hybridized carbons (Fsp3) is 0.435. The molecule has 2 fully saturated rings. The van der Waals surface area contributed by atoms with Gasteiger partial charge in [0.2, 0.25) is 5.91 Å². The zero-order chi connectivity index (χ0) is 19.9. The lowest BCUT2D eigenvalue weighted by Gasteiger charge is -2.24. The maximum absolute atomic E-state index is 13.1. The standard InChI is InChI=1S/C23H25Cl2NOS/c1-15(2)16-7-3-4-8-18(16)28-19-10-9-17(20(24)21(19)25)23(11-12-23)22(27)26-13-5-6-14-26/h3-4,7-10,15H,5-6,11-14H2,1-2H3. The highest BCUT2D eigenvalue weighted by molar-refractivity contribution is 7.99. The molecule has 1 amide bonds. The van der Waals surface area contributed by atoms with Crippen molar-refractivity contribution in [3.8, 4) is 0 Å². The molecule has 0 unspecified atom stereocenters. The zero-order valence-corrected chi connectivity index (χ0v) is 18.6. The van der Waals surface area contributed by atoms with E-state index in [4.69, 9.17) is 23.2 Å². The Balaban J connectivity index is 1.64. The van der Waals surface area contributed by atoms with Crippen LogP contribution in [0.3, 0.4) is 0 Å². The van der Waals surface area contributed by atoms with Crippen LogP contribution in [-0.2, 0) is 10.2 Å². The molecule has 0 radical (unpaired) electrons. The maximum Gasteiger partial charge on any atom is 0.233 e. The molecule has 1 saturated heterocycles. The lowest BCUT2D eigenvalue weighted by atomic mass is 9.94. The van der Waals surface area contributed by atoms with Gasteiger partial charge in [0.15, 0.2) is 0 Å². The summed E-state index contributed by atoms with van der Waals surface area (Å²) in [5.41, 5.74) is 1.74. The molecule has 1 saturated carbocycles. The Hall–Kier alpha value is -1.16. The number of hydrogen-bond acceptors (Lipinski definition) is 2. The highest BCUT2D eigenvalue weighted by atomic mass is 35.5. The summed E-state index contributed by atoms with van der Waals surface area (Å²) in [5, 5.41) is 1.10. The van der Waals surface area contributed by atoms with Gasteiger partial charge in [-0.05, 0) is 54.9 Å². The summed E-state index contributed by atoms with van der Waals surface area (Å²) in [4.78, 5) is 17.2. The summed E-state index contributed by atoms with van der Waals surface area (Å²) in [6.07, 6.45) is 3.92. The van der Waals surface area contributed by atoms with Gasteiger partial charge in [-0.1, -0.05) is 73.1 Å². The average molecular weight is 434 g/mol. The SMILES string of the molecule is CC(C)c1ccccc1Sc1ccc(C2(C(=O)N3CCCC3)CC2)c(Cl)c1Cl. The molecule has 2 nitrogen and oxygen atoms in total. The minimum absolute atomic E-state index is 0.230. The maximum atomic E-state index is 13.1. The smallest absolute Gasteiger partial charge is 0.233 e. The molecule has 4 rings (SSSR count). The molecule has 5 heteroatoms. The van der Waals surface area contributed by atoms with Crippen LogP contribution in [0.1, 0.15) is 56.6 Å². The third-order valence-corrected chi connectivity index (χ3v) is 8.02. The van der Waals surface area contributed by atoms with E-state index in [0.717, 1.165) is 49.2 Å². The molecule has 0 spiro atoms. The fourth-order valence-corrected chi connectivity index (χ4v) is 5.91. The minimum atomic E-state index is -0.454. The number of hydrogen-bond donors (Lipinski definition) is 0. The molecule has 0 N–H and O–H groups in total. The summed E-state index contributed by atoms with van der Waals surface area (Å²) in [5.74, 6) is 0.665. The predicted octanol–water partition coefficient (Wildman–Crippen LogP) is 6.92. The van der Waals surface area contributed by atoms with Crippen LogP contribution in [0.5, 0.6) is 0 Å². The van der Waals surface area contributed by atoms with Crippen molar-refractivity contribution >= 4 is 40.9 Å². The normalized spacial score (nSPS) is 18.0. The topological polar surface area (TPSA) is 20.3 Å². The van der Waals surface area contributed by atoms with Gasteiger partial charge in [0, 0.05) is 22.9 Å². The Morgan fingerprint density at radius 3 is 2.32 bits per heavy atom. The van der Waals surface area contributed by atoms with Crippen molar-refractivity contribution < 1.29 is 4.79 Å². The van der Waals surface area contributed by atoms with Crippen molar-refractivity contribution in [1.82, 2.24) is 4.90 Å². The van der Waals surface area contributed by atoms with Crippen molar-refractivity contribution in [2.45, 2.75) is 60.7 Å². The van der Waals surface area contributed by atoms with E-state index < -0.39 is 5.41 Å².